The minimum atomic E-state index is 0.0194. The van der Waals surface area contributed by atoms with Crippen molar-refractivity contribution in [3.63, 3.8) is 0 Å². The summed E-state index contributed by atoms with van der Waals surface area (Å²) in [6.45, 7) is 2.33. The monoisotopic (exact) mass is 333 g/mol. The minimum Gasteiger partial charge on any atom is -0.347 e. The topological polar surface area (TPSA) is 38.1 Å². The van der Waals surface area contributed by atoms with Crippen LogP contribution in [0.4, 0.5) is 0 Å². The summed E-state index contributed by atoms with van der Waals surface area (Å²) in [5.41, 5.74) is 3.88. The zero-order valence-electron chi connectivity index (χ0n) is 12.6. The first-order valence-corrected chi connectivity index (χ1v) is 8.11. The highest BCUT2D eigenvalue weighted by Crippen LogP contribution is 2.31. The van der Waals surface area contributed by atoms with Crippen LogP contribution in [-0.4, -0.2) is 34.5 Å². The number of carbonyl (C=O) groups is 1. The Balaban J connectivity index is 2.08. The number of thiophene rings is 1. The molecule has 3 rings (SSSR count). The van der Waals surface area contributed by atoms with E-state index >= 15 is 0 Å². The van der Waals surface area contributed by atoms with E-state index in [2.05, 4.69) is 23.4 Å². The Hall–Kier alpha value is -1.85. The second-order valence-electron chi connectivity index (χ2n) is 5.47. The molecule has 0 spiro atoms. The van der Waals surface area contributed by atoms with Crippen LogP contribution < -0.4 is 0 Å². The normalized spacial score (nSPS) is 11.1. The maximum atomic E-state index is 12.0. The van der Waals surface area contributed by atoms with Gasteiger partial charge in [-0.2, -0.15) is 0 Å². The number of carbonyl (C=O) groups excluding carboxylic acids is 1. The Labute approximate surface area is 137 Å². The average Bonchev–Trinajstić information content (AvgIpc) is 3.03. The van der Waals surface area contributed by atoms with Crippen LogP contribution in [0.15, 0.2) is 29.9 Å². The molecule has 3 heterocycles. The van der Waals surface area contributed by atoms with Gasteiger partial charge in [-0.3, -0.25) is 9.78 Å². The second-order valence-corrected chi connectivity index (χ2v) is 6.79. The van der Waals surface area contributed by atoms with Gasteiger partial charge in [-0.25, -0.2) is 0 Å². The lowest BCUT2D eigenvalue weighted by atomic mass is 10.2. The molecule has 0 N–H and O–H groups in total. The van der Waals surface area contributed by atoms with Crippen molar-refractivity contribution in [1.82, 2.24) is 14.5 Å². The van der Waals surface area contributed by atoms with E-state index in [1.807, 2.05) is 16.8 Å². The van der Waals surface area contributed by atoms with Crippen molar-refractivity contribution < 1.29 is 4.79 Å². The van der Waals surface area contributed by atoms with E-state index < -0.39 is 0 Å². The molecule has 0 radical (unpaired) electrons. The lowest BCUT2D eigenvalue weighted by Gasteiger charge is -2.11. The predicted octanol–water partition coefficient (Wildman–Crippen LogP) is 3.81. The van der Waals surface area contributed by atoms with E-state index in [1.54, 1.807) is 36.5 Å². The first kappa shape index (κ1) is 15.1. The van der Waals surface area contributed by atoms with Gasteiger partial charge in [0.25, 0.3) is 0 Å². The molecule has 3 aromatic rings. The van der Waals surface area contributed by atoms with Crippen molar-refractivity contribution in [3.05, 3.63) is 40.5 Å². The molecular formula is C16H16ClN3OS. The van der Waals surface area contributed by atoms with E-state index in [9.17, 15) is 4.79 Å². The van der Waals surface area contributed by atoms with Crippen molar-refractivity contribution in [2.75, 3.05) is 14.1 Å². The largest absolute Gasteiger partial charge is 0.347 e. The summed E-state index contributed by atoms with van der Waals surface area (Å²) in [4.78, 5) is 19.2. The van der Waals surface area contributed by atoms with Gasteiger partial charge in [0.1, 0.15) is 12.1 Å². The number of pyridine rings is 1. The highest BCUT2D eigenvalue weighted by molar-refractivity contribution is 7.13. The zero-order valence-corrected chi connectivity index (χ0v) is 14.2. The van der Waals surface area contributed by atoms with Crippen molar-refractivity contribution in [3.8, 4) is 10.4 Å². The Morgan fingerprint density at radius 2 is 2.18 bits per heavy atom. The molecule has 22 heavy (non-hydrogen) atoms. The number of halogens is 1. The summed E-state index contributed by atoms with van der Waals surface area (Å²) in [5, 5.41) is 2.68. The van der Waals surface area contributed by atoms with Crippen LogP contribution in [0.2, 0.25) is 5.02 Å². The second kappa shape index (κ2) is 5.74. The van der Waals surface area contributed by atoms with Crippen molar-refractivity contribution in [1.29, 1.82) is 0 Å². The number of hydrogen-bond acceptors (Lipinski definition) is 3. The molecule has 3 aromatic heterocycles. The maximum absolute atomic E-state index is 12.0. The van der Waals surface area contributed by atoms with Crippen LogP contribution in [0, 0.1) is 6.92 Å². The SMILES string of the molecule is Cc1csc(-c2cnc3c(Cl)cn(CC(=O)N(C)C)c3c2)c1. The number of fused-ring (bicyclic) bond motifs is 1. The van der Waals surface area contributed by atoms with Gasteiger partial charge in [-0.15, -0.1) is 11.3 Å². The predicted molar refractivity (Wildman–Crippen MR) is 91.5 cm³/mol. The number of aryl methyl sites for hydroxylation is 1. The third-order valence-corrected chi connectivity index (χ3v) is 4.87. The van der Waals surface area contributed by atoms with Gasteiger partial charge < -0.3 is 9.47 Å². The molecule has 114 valence electrons. The third kappa shape index (κ3) is 2.74. The molecule has 0 aliphatic carbocycles. The molecule has 4 nitrogen and oxygen atoms in total. The Bertz CT molecular complexity index is 850. The Morgan fingerprint density at radius 3 is 2.82 bits per heavy atom. The number of aromatic nitrogens is 2. The van der Waals surface area contributed by atoms with E-state index in [0.717, 1.165) is 21.5 Å². The molecule has 0 aliphatic rings. The van der Waals surface area contributed by atoms with Crippen LogP contribution in [0.5, 0.6) is 0 Å². The summed E-state index contributed by atoms with van der Waals surface area (Å²) in [6, 6.07) is 4.18. The smallest absolute Gasteiger partial charge is 0.241 e. The van der Waals surface area contributed by atoms with Gasteiger partial charge in [-0.05, 0) is 30.0 Å². The fourth-order valence-electron chi connectivity index (χ4n) is 2.26. The number of nitrogens with zero attached hydrogens (tertiary/aromatic N) is 3. The van der Waals surface area contributed by atoms with E-state index in [-0.39, 0.29) is 12.5 Å². The lowest BCUT2D eigenvalue weighted by Crippen LogP contribution is -2.25. The molecule has 1 amide bonds. The summed E-state index contributed by atoms with van der Waals surface area (Å²) >= 11 is 7.92. The molecule has 6 heteroatoms. The van der Waals surface area contributed by atoms with E-state index in [1.165, 1.54) is 5.56 Å². The maximum Gasteiger partial charge on any atom is 0.241 e. The zero-order chi connectivity index (χ0) is 15.9. The van der Waals surface area contributed by atoms with Crippen molar-refractivity contribution in [2.45, 2.75) is 13.5 Å². The first-order chi connectivity index (χ1) is 10.5. The molecule has 0 fully saturated rings. The minimum absolute atomic E-state index is 0.0194. The third-order valence-electron chi connectivity index (χ3n) is 3.49. The Morgan fingerprint density at radius 1 is 1.41 bits per heavy atom. The van der Waals surface area contributed by atoms with E-state index in [0.29, 0.717) is 5.02 Å². The average molecular weight is 334 g/mol. The van der Waals surface area contributed by atoms with Gasteiger partial charge >= 0.3 is 0 Å². The highest BCUT2D eigenvalue weighted by atomic mass is 35.5. The molecule has 0 bridgehead atoms. The number of amides is 1. The lowest BCUT2D eigenvalue weighted by molar-refractivity contribution is -0.129. The molecule has 0 atom stereocenters. The van der Waals surface area contributed by atoms with Gasteiger partial charge in [-0.1, -0.05) is 11.6 Å². The fourth-order valence-corrected chi connectivity index (χ4v) is 3.40. The molecular weight excluding hydrogens is 318 g/mol. The highest BCUT2D eigenvalue weighted by Gasteiger charge is 2.13. The standard InChI is InChI=1S/C16H16ClN3OS/c1-10-4-14(22-9-10)11-5-13-16(18-6-11)12(17)7-20(13)8-15(21)19(2)3/h4-7,9H,8H2,1-3H3. The van der Waals surface area contributed by atoms with Crippen molar-refractivity contribution in [2.24, 2.45) is 0 Å². The fraction of sp³-hybridized carbons (Fsp3) is 0.250. The van der Waals surface area contributed by atoms with Crippen LogP contribution in [0.1, 0.15) is 5.56 Å². The van der Waals surface area contributed by atoms with Crippen molar-refractivity contribution >= 4 is 39.9 Å². The number of likely N-dealkylation sites (N-methyl/N-ethyl adjacent to an activating group) is 1. The molecule has 0 unspecified atom stereocenters. The molecule has 0 aromatic carbocycles. The molecule has 0 saturated heterocycles. The molecule has 0 saturated carbocycles. The number of hydrogen-bond donors (Lipinski definition) is 0. The van der Waals surface area contributed by atoms with Crippen LogP contribution >= 0.6 is 22.9 Å². The Kier molecular flexibility index (Phi) is 3.93. The first-order valence-electron chi connectivity index (χ1n) is 6.86. The van der Waals surface area contributed by atoms with Gasteiger partial charge in [0.15, 0.2) is 0 Å². The van der Waals surface area contributed by atoms with Crippen LogP contribution in [0.25, 0.3) is 21.5 Å². The summed E-state index contributed by atoms with van der Waals surface area (Å²) in [7, 11) is 3.49. The van der Waals surface area contributed by atoms with Gasteiger partial charge in [0.05, 0.1) is 10.5 Å². The van der Waals surface area contributed by atoms with Crippen LogP contribution in [0.3, 0.4) is 0 Å². The number of rotatable bonds is 3. The van der Waals surface area contributed by atoms with Gasteiger partial charge in [0.2, 0.25) is 5.91 Å². The summed E-state index contributed by atoms with van der Waals surface area (Å²) in [6.07, 6.45) is 3.60. The molecule has 0 aliphatic heterocycles. The quantitative estimate of drug-likeness (QED) is 0.731. The van der Waals surface area contributed by atoms with Crippen LogP contribution in [-0.2, 0) is 11.3 Å². The summed E-state index contributed by atoms with van der Waals surface area (Å²) in [5.74, 6) is 0.0194. The summed E-state index contributed by atoms with van der Waals surface area (Å²) < 4.78 is 1.86. The van der Waals surface area contributed by atoms with E-state index in [4.69, 9.17) is 11.6 Å². The van der Waals surface area contributed by atoms with Gasteiger partial charge in [0, 0.05) is 36.9 Å².